The second kappa shape index (κ2) is 47.0. The lowest BCUT2D eigenvalue weighted by atomic mass is 10.0. The van der Waals surface area contributed by atoms with Crippen LogP contribution in [0.25, 0.3) is 0 Å². The number of hydrogen-bond acceptors (Lipinski definition) is 5. The van der Waals surface area contributed by atoms with Crippen LogP contribution in [-0.2, 0) is 14.3 Å². The van der Waals surface area contributed by atoms with Crippen molar-refractivity contribution in [2.45, 2.75) is 276 Å². The molecule has 0 aromatic rings. The number of rotatable bonds is 46. The smallest absolute Gasteiger partial charge is 0.305 e. The molecular weight excluding hydrogens is 707 g/mol. The van der Waals surface area contributed by atoms with Crippen LogP contribution in [0.15, 0.2) is 24.3 Å². The zero-order valence-electron chi connectivity index (χ0n) is 38.1. The number of unbranched alkanes of at least 4 members (excludes halogenated alkanes) is 31. The molecule has 0 bridgehead atoms. The zero-order chi connectivity index (χ0) is 41.5. The minimum Gasteiger partial charge on any atom is -0.466 e. The zero-order valence-corrected chi connectivity index (χ0v) is 38.1. The number of amides is 1. The molecule has 0 aliphatic heterocycles. The summed E-state index contributed by atoms with van der Waals surface area (Å²) >= 11 is 0. The predicted octanol–water partition coefficient (Wildman–Crippen LogP) is 14.7. The second-order valence-electron chi connectivity index (χ2n) is 17.1. The Balaban J connectivity index is 3.48. The van der Waals surface area contributed by atoms with Crippen LogP contribution in [0.3, 0.4) is 0 Å². The third-order valence-electron chi connectivity index (χ3n) is 11.5. The maximum atomic E-state index is 12.4. The Morgan fingerprint density at radius 2 is 0.825 bits per heavy atom. The minimum absolute atomic E-state index is 0.0197. The fraction of sp³-hybridized carbons (Fsp3) is 0.882. The van der Waals surface area contributed by atoms with Gasteiger partial charge in [0.1, 0.15) is 0 Å². The van der Waals surface area contributed by atoms with Gasteiger partial charge in [0, 0.05) is 12.8 Å². The van der Waals surface area contributed by atoms with Crippen molar-refractivity contribution < 1.29 is 24.5 Å². The van der Waals surface area contributed by atoms with Gasteiger partial charge in [-0.1, -0.05) is 199 Å². The molecule has 6 nitrogen and oxygen atoms in total. The van der Waals surface area contributed by atoms with Crippen molar-refractivity contribution in [2.24, 2.45) is 0 Å². The van der Waals surface area contributed by atoms with Crippen molar-refractivity contribution in [3.05, 3.63) is 24.3 Å². The van der Waals surface area contributed by atoms with Gasteiger partial charge in [0.05, 0.1) is 25.4 Å². The van der Waals surface area contributed by atoms with Crippen LogP contribution in [0.2, 0.25) is 0 Å². The Kier molecular flexibility index (Phi) is 45.7. The Hall–Kier alpha value is -1.66. The first-order chi connectivity index (χ1) is 28.0. The molecule has 0 rings (SSSR count). The largest absolute Gasteiger partial charge is 0.466 e. The summed E-state index contributed by atoms with van der Waals surface area (Å²) in [6.45, 7) is 4.89. The highest BCUT2D eigenvalue weighted by Crippen LogP contribution is 2.15. The number of esters is 1. The van der Waals surface area contributed by atoms with Crippen LogP contribution in [-0.4, -0.2) is 47.4 Å². The highest BCUT2D eigenvalue weighted by Gasteiger charge is 2.20. The number of carbonyl (C=O) groups is 2. The van der Waals surface area contributed by atoms with E-state index in [0.717, 1.165) is 70.6 Å². The van der Waals surface area contributed by atoms with Crippen molar-refractivity contribution in [3.63, 3.8) is 0 Å². The van der Waals surface area contributed by atoms with Crippen LogP contribution in [0.1, 0.15) is 264 Å². The van der Waals surface area contributed by atoms with E-state index in [1.54, 1.807) is 0 Å². The molecule has 0 fully saturated rings. The van der Waals surface area contributed by atoms with Crippen LogP contribution >= 0.6 is 0 Å². The van der Waals surface area contributed by atoms with Crippen LogP contribution in [0, 0.1) is 0 Å². The van der Waals surface area contributed by atoms with Crippen molar-refractivity contribution in [1.82, 2.24) is 5.32 Å². The molecule has 0 saturated carbocycles. The van der Waals surface area contributed by atoms with Crippen molar-refractivity contribution in [2.75, 3.05) is 13.2 Å². The normalized spacial score (nSPS) is 12.8. The highest BCUT2D eigenvalue weighted by atomic mass is 16.5. The van der Waals surface area contributed by atoms with Crippen molar-refractivity contribution >= 4 is 11.9 Å². The number of aliphatic hydroxyl groups excluding tert-OH is 2. The van der Waals surface area contributed by atoms with Gasteiger partial charge < -0.3 is 20.3 Å². The number of nitrogens with one attached hydrogen (secondary N) is 1. The lowest BCUT2D eigenvalue weighted by molar-refractivity contribution is -0.143. The molecule has 3 N–H and O–H groups in total. The molecule has 0 aromatic carbocycles. The van der Waals surface area contributed by atoms with Crippen molar-refractivity contribution in [1.29, 1.82) is 0 Å². The molecule has 0 aliphatic carbocycles. The fourth-order valence-electron chi connectivity index (χ4n) is 7.57. The molecule has 0 spiro atoms. The molecule has 0 saturated heterocycles. The summed E-state index contributed by atoms with van der Waals surface area (Å²) in [4.78, 5) is 24.4. The molecule has 0 heterocycles. The van der Waals surface area contributed by atoms with E-state index in [4.69, 9.17) is 4.74 Å². The minimum atomic E-state index is -0.673. The van der Waals surface area contributed by atoms with Crippen LogP contribution in [0.4, 0.5) is 0 Å². The van der Waals surface area contributed by atoms with E-state index in [1.165, 1.54) is 161 Å². The van der Waals surface area contributed by atoms with Crippen LogP contribution < -0.4 is 5.32 Å². The summed E-state index contributed by atoms with van der Waals surface area (Å²) in [6.07, 6.45) is 54.3. The van der Waals surface area contributed by atoms with E-state index in [0.29, 0.717) is 25.9 Å². The molecule has 0 radical (unpaired) electrons. The van der Waals surface area contributed by atoms with Gasteiger partial charge in [-0.15, -0.1) is 0 Å². The van der Waals surface area contributed by atoms with Gasteiger partial charge in [-0.25, -0.2) is 0 Å². The number of allylic oxidation sites excluding steroid dienone is 4. The number of ether oxygens (including phenoxy) is 1. The van der Waals surface area contributed by atoms with Gasteiger partial charge in [-0.2, -0.15) is 0 Å². The molecule has 6 heteroatoms. The van der Waals surface area contributed by atoms with Gasteiger partial charge in [-0.3, -0.25) is 9.59 Å². The molecule has 336 valence electrons. The Labute approximate surface area is 354 Å². The van der Waals surface area contributed by atoms with E-state index in [-0.39, 0.29) is 18.5 Å². The Morgan fingerprint density at radius 1 is 0.474 bits per heavy atom. The van der Waals surface area contributed by atoms with E-state index >= 15 is 0 Å². The van der Waals surface area contributed by atoms with Gasteiger partial charge in [0.25, 0.3) is 0 Å². The van der Waals surface area contributed by atoms with E-state index in [1.807, 2.05) is 0 Å². The first kappa shape index (κ1) is 55.3. The quantitative estimate of drug-likeness (QED) is 0.0324. The van der Waals surface area contributed by atoms with E-state index in [9.17, 15) is 19.8 Å². The molecular formula is C51H97NO5. The summed E-state index contributed by atoms with van der Waals surface area (Å²) in [5.74, 6) is -0.0713. The van der Waals surface area contributed by atoms with Gasteiger partial charge in [0.2, 0.25) is 5.91 Å². The Bertz CT molecular complexity index is 889. The Morgan fingerprint density at radius 3 is 1.26 bits per heavy atom. The molecule has 2 unspecified atom stereocenters. The van der Waals surface area contributed by atoms with E-state index in [2.05, 4.69) is 43.5 Å². The van der Waals surface area contributed by atoms with Crippen molar-refractivity contribution in [3.8, 4) is 0 Å². The number of hydrogen-bond donors (Lipinski definition) is 3. The lowest BCUT2D eigenvalue weighted by Gasteiger charge is -2.22. The maximum absolute atomic E-state index is 12.4. The second-order valence-corrected chi connectivity index (χ2v) is 17.1. The first-order valence-electron chi connectivity index (χ1n) is 25.1. The molecule has 1 amide bonds. The standard InChI is InChI=1S/C51H97NO5/c1-3-5-7-9-11-13-15-20-25-29-33-37-41-45-51(56)57-46-42-38-34-30-26-22-19-17-18-21-24-28-32-36-40-44-50(55)52-48(47-53)49(54)43-39-35-31-27-23-16-14-12-10-8-6-4-2/h13,15,19,22,48-49,53-54H,3-12,14,16-18,20-21,23-47H2,1-2H3,(H,52,55)/b15-13-,22-19-. The topological polar surface area (TPSA) is 95.9 Å². The van der Waals surface area contributed by atoms with Gasteiger partial charge in [-0.05, 0) is 77.0 Å². The highest BCUT2D eigenvalue weighted by molar-refractivity contribution is 5.76. The summed E-state index contributed by atoms with van der Waals surface area (Å²) in [5, 5.41) is 23.1. The maximum Gasteiger partial charge on any atom is 0.305 e. The third-order valence-corrected chi connectivity index (χ3v) is 11.5. The summed E-state index contributed by atoms with van der Waals surface area (Å²) in [7, 11) is 0. The molecule has 0 aliphatic rings. The third kappa shape index (κ3) is 43.7. The fourth-order valence-corrected chi connectivity index (χ4v) is 7.57. The summed E-state index contributed by atoms with van der Waals surface area (Å²) < 4.78 is 5.44. The first-order valence-corrected chi connectivity index (χ1v) is 25.1. The van der Waals surface area contributed by atoms with Gasteiger partial charge in [0.15, 0.2) is 0 Å². The molecule has 57 heavy (non-hydrogen) atoms. The monoisotopic (exact) mass is 804 g/mol. The molecule has 0 aromatic heterocycles. The molecule has 2 atom stereocenters. The average Bonchev–Trinajstić information content (AvgIpc) is 3.21. The summed E-state index contributed by atoms with van der Waals surface area (Å²) in [6, 6.07) is -0.551. The SMILES string of the molecule is CCCCCC/C=C\CCCCCCCC(=O)OCCCCCC/C=C\CCCCCCCCCC(=O)NC(CO)C(O)CCCCCCCCCCCCCC. The van der Waals surface area contributed by atoms with Gasteiger partial charge >= 0.3 is 5.97 Å². The average molecular weight is 804 g/mol. The van der Waals surface area contributed by atoms with E-state index < -0.39 is 12.1 Å². The summed E-state index contributed by atoms with van der Waals surface area (Å²) in [5.41, 5.74) is 0. The number of carbonyl (C=O) groups excluding carboxylic acids is 2. The number of aliphatic hydroxyl groups is 2. The predicted molar refractivity (Wildman–Crippen MR) is 246 cm³/mol. The lowest BCUT2D eigenvalue weighted by Crippen LogP contribution is -2.45. The van der Waals surface area contributed by atoms with Crippen LogP contribution in [0.5, 0.6) is 0 Å².